The first kappa shape index (κ1) is 30.4. The molecule has 0 saturated carbocycles. The van der Waals surface area contributed by atoms with Crippen molar-refractivity contribution in [2.45, 2.75) is 58.3 Å². The van der Waals surface area contributed by atoms with Crippen LogP contribution in [0.4, 0.5) is 16.2 Å². The normalized spacial score (nSPS) is 22.2. The lowest BCUT2D eigenvalue weighted by molar-refractivity contribution is -0.000451. The first-order chi connectivity index (χ1) is 19.8. The number of carbonyl (C=O) groups is 2. The van der Waals surface area contributed by atoms with Gasteiger partial charge in [-0.2, -0.15) is 0 Å². The number of rotatable bonds is 6. The third kappa shape index (κ3) is 8.02. The Balaban J connectivity index is 1.60. The molecule has 4 rings (SSSR count). The number of anilines is 2. The number of aliphatic hydroxyl groups is 1. The van der Waals surface area contributed by atoms with Gasteiger partial charge < -0.3 is 44.9 Å². The average Bonchev–Trinajstić information content (AvgIpc) is 3.42. The Morgan fingerprint density at radius 2 is 1.76 bits per heavy atom. The van der Waals surface area contributed by atoms with Crippen molar-refractivity contribution in [2.75, 3.05) is 50.8 Å². The van der Waals surface area contributed by atoms with Gasteiger partial charge in [0.2, 0.25) is 6.79 Å². The van der Waals surface area contributed by atoms with Crippen LogP contribution in [0.5, 0.6) is 17.2 Å². The highest BCUT2D eigenvalue weighted by Crippen LogP contribution is 2.34. The lowest BCUT2D eigenvalue weighted by Crippen LogP contribution is -2.47. The fraction of sp³-hybridized carbons (Fsp3) is 0.533. The van der Waals surface area contributed by atoms with Crippen LogP contribution in [0.15, 0.2) is 36.4 Å². The Morgan fingerprint density at radius 3 is 2.49 bits per heavy atom. The zero-order valence-electron chi connectivity index (χ0n) is 24.3. The van der Waals surface area contributed by atoms with Gasteiger partial charge in [0.1, 0.15) is 5.75 Å². The van der Waals surface area contributed by atoms with Crippen LogP contribution in [-0.4, -0.2) is 80.3 Å². The van der Waals surface area contributed by atoms with E-state index in [4.69, 9.17) is 18.9 Å². The van der Waals surface area contributed by atoms with E-state index in [0.29, 0.717) is 53.9 Å². The second-order valence-corrected chi connectivity index (χ2v) is 10.7. The molecule has 41 heavy (non-hydrogen) atoms. The van der Waals surface area contributed by atoms with Crippen molar-refractivity contribution < 1.29 is 33.6 Å². The number of nitrogens with one attached hydrogen (secondary N) is 3. The molecular weight excluding hydrogens is 528 g/mol. The number of hydrogen-bond donors (Lipinski definition) is 4. The Bertz CT molecular complexity index is 1190. The molecule has 0 bridgehead atoms. The molecule has 0 spiro atoms. The van der Waals surface area contributed by atoms with Gasteiger partial charge in [-0.1, -0.05) is 6.92 Å². The Kier molecular flexibility index (Phi) is 10.7. The van der Waals surface area contributed by atoms with E-state index < -0.39 is 12.1 Å². The van der Waals surface area contributed by atoms with Gasteiger partial charge in [0.05, 0.1) is 30.4 Å². The fourth-order valence-corrected chi connectivity index (χ4v) is 4.96. The highest BCUT2D eigenvalue weighted by molar-refractivity contribution is 6.02. The van der Waals surface area contributed by atoms with Crippen LogP contribution in [-0.2, 0) is 4.74 Å². The van der Waals surface area contributed by atoms with E-state index in [2.05, 4.69) is 22.9 Å². The maximum atomic E-state index is 14.1. The molecule has 3 amide bonds. The largest absolute Gasteiger partial charge is 0.490 e. The highest BCUT2D eigenvalue weighted by atomic mass is 16.7. The van der Waals surface area contributed by atoms with Crippen molar-refractivity contribution in [1.29, 1.82) is 0 Å². The number of aliphatic hydroxyl groups excluding tert-OH is 1. The number of carbonyl (C=O) groups excluding carboxylic acids is 2. The van der Waals surface area contributed by atoms with Crippen molar-refractivity contribution in [3.8, 4) is 17.2 Å². The molecule has 11 nitrogen and oxygen atoms in total. The molecule has 0 saturated heterocycles. The first-order valence-corrected chi connectivity index (χ1v) is 14.3. The second-order valence-electron chi connectivity index (χ2n) is 10.7. The topological polar surface area (TPSA) is 131 Å². The minimum Gasteiger partial charge on any atom is -0.490 e. The number of amides is 3. The smallest absolute Gasteiger partial charge is 0.323 e. The summed E-state index contributed by atoms with van der Waals surface area (Å²) in [6.07, 6.45) is 2.42. The molecule has 224 valence electrons. The predicted octanol–water partition coefficient (Wildman–Crippen LogP) is 4.07. The predicted molar refractivity (Wildman–Crippen MR) is 156 cm³/mol. The molecular formula is C30H42N4O7. The summed E-state index contributed by atoms with van der Waals surface area (Å²) in [7, 11) is 1.88. The molecule has 0 radical (unpaired) electrons. The standard InChI is InChI=1S/C30H42N4O7/c1-19-16-34(20(2)17-35)29(36)24-13-22(32-30(37)33-23-9-11-26-27(14-23)40-18-39-26)8-10-25(24)41-21(3)7-5-6-12-38-28(19)15-31-4/h8-11,13-14,19-21,28,31,35H,5-7,12,15-18H2,1-4H3,(H2,32,33,37)/t19-,20+,21-,28+/m0/s1. The van der Waals surface area contributed by atoms with E-state index in [9.17, 15) is 14.7 Å². The summed E-state index contributed by atoms with van der Waals surface area (Å²) in [5, 5.41) is 18.8. The van der Waals surface area contributed by atoms with Gasteiger partial charge in [0.25, 0.3) is 5.91 Å². The summed E-state index contributed by atoms with van der Waals surface area (Å²) in [6, 6.07) is 9.26. The maximum absolute atomic E-state index is 14.1. The third-order valence-electron chi connectivity index (χ3n) is 7.35. The summed E-state index contributed by atoms with van der Waals surface area (Å²) in [4.78, 5) is 28.6. The summed E-state index contributed by atoms with van der Waals surface area (Å²) >= 11 is 0. The molecule has 4 N–H and O–H groups in total. The van der Waals surface area contributed by atoms with E-state index >= 15 is 0 Å². The monoisotopic (exact) mass is 570 g/mol. The number of hydrogen-bond acceptors (Lipinski definition) is 8. The number of ether oxygens (including phenoxy) is 4. The quantitative estimate of drug-likeness (QED) is 0.409. The molecule has 0 unspecified atom stereocenters. The van der Waals surface area contributed by atoms with Crippen molar-refractivity contribution in [2.24, 2.45) is 5.92 Å². The number of benzene rings is 2. The van der Waals surface area contributed by atoms with Crippen LogP contribution in [0, 0.1) is 5.92 Å². The van der Waals surface area contributed by atoms with E-state index in [1.165, 1.54) is 0 Å². The SMILES string of the molecule is CNC[C@H]1OCCCC[C@H](C)Oc2ccc(NC(=O)Nc3ccc4c(c3)OCO4)cc2C(=O)N([C@H](C)CO)C[C@@H]1C. The molecule has 0 fully saturated rings. The van der Waals surface area contributed by atoms with Crippen LogP contribution in [0.25, 0.3) is 0 Å². The summed E-state index contributed by atoms with van der Waals surface area (Å²) in [5.41, 5.74) is 1.27. The summed E-state index contributed by atoms with van der Waals surface area (Å²) in [6.45, 7) is 7.45. The van der Waals surface area contributed by atoms with Crippen LogP contribution in [0.1, 0.15) is 50.4 Å². The van der Waals surface area contributed by atoms with E-state index in [-0.39, 0.29) is 37.4 Å². The van der Waals surface area contributed by atoms with Gasteiger partial charge in [0, 0.05) is 43.1 Å². The second kappa shape index (κ2) is 14.4. The van der Waals surface area contributed by atoms with E-state index in [0.717, 1.165) is 19.3 Å². The zero-order chi connectivity index (χ0) is 29.4. The van der Waals surface area contributed by atoms with Gasteiger partial charge in [-0.25, -0.2) is 4.79 Å². The molecule has 2 aromatic rings. The van der Waals surface area contributed by atoms with Crippen molar-refractivity contribution in [3.63, 3.8) is 0 Å². The molecule has 2 aromatic carbocycles. The summed E-state index contributed by atoms with van der Waals surface area (Å²) in [5.74, 6) is 1.32. The van der Waals surface area contributed by atoms with Crippen molar-refractivity contribution in [1.82, 2.24) is 10.2 Å². The number of likely N-dealkylation sites (N-methyl/N-ethyl adjacent to an activating group) is 1. The van der Waals surface area contributed by atoms with E-state index in [1.54, 1.807) is 41.3 Å². The fourth-order valence-electron chi connectivity index (χ4n) is 4.96. The van der Waals surface area contributed by atoms with Crippen LogP contribution >= 0.6 is 0 Å². The highest BCUT2D eigenvalue weighted by Gasteiger charge is 2.30. The van der Waals surface area contributed by atoms with Gasteiger partial charge in [0.15, 0.2) is 11.5 Å². The summed E-state index contributed by atoms with van der Waals surface area (Å²) < 4.78 is 23.2. The van der Waals surface area contributed by atoms with Gasteiger partial charge in [-0.3, -0.25) is 4.79 Å². The minimum atomic E-state index is -0.479. The third-order valence-corrected chi connectivity index (χ3v) is 7.35. The van der Waals surface area contributed by atoms with Crippen molar-refractivity contribution >= 4 is 23.3 Å². The molecule has 2 aliphatic rings. The number of urea groups is 1. The van der Waals surface area contributed by atoms with Crippen LogP contribution in [0.2, 0.25) is 0 Å². The molecule has 0 aromatic heterocycles. The molecule has 2 heterocycles. The Hall–Kier alpha value is -3.54. The minimum absolute atomic E-state index is 0.000388. The zero-order valence-corrected chi connectivity index (χ0v) is 24.3. The molecule has 4 atom stereocenters. The molecule has 11 heteroatoms. The number of nitrogens with zero attached hydrogens (tertiary/aromatic N) is 1. The average molecular weight is 571 g/mol. The Labute approximate surface area is 241 Å². The molecule has 2 aliphatic heterocycles. The number of fused-ring (bicyclic) bond motifs is 2. The molecule has 0 aliphatic carbocycles. The van der Waals surface area contributed by atoms with Crippen molar-refractivity contribution in [3.05, 3.63) is 42.0 Å². The lowest BCUT2D eigenvalue weighted by Gasteiger charge is -2.34. The van der Waals surface area contributed by atoms with Gasteiger partial charge in [-0.05, 0) is 70.5 Å². The lowest BCUT2D eigenvalue weighted by atomic mass is 10.0. The Morgan fingerprint density at radius 1 is 1.05 bits per heavy atom. The van der Waals surface area contributed by atoms with Gasteiger partial charge in [-0.15, -0.1) is 0 Å². The van der Waals surface area contributed by atoms with E-state index in [1.807, 2.05) is 20.9 Å². The maximum Gasteiger partial charge on any atom is 0.323 e. The van der Waals surface area contributed by atoms with Crippen LogP contribution in [0.3, 0.4) is 0 Å². The van der Waals surface area contributed by atoms with Gasteiger partial charge >= 0.3 is 6.03 Å². The van der Waals surface area contributed by atoms with Crippen LogP contribution < -0.4 is 30.2 Å². The first-order valence-electron chi connectivity index (χ1n) is 14.3.